The Kier molecular flexibility index (Phi) is 5.66. The summed E-state index contributed by atoms with van der Waals surface area (Å²) in [5, 5.41) is 2.97. The van der Waals surface area contributed by atoms with Gasteiger partial charge in [-0.25, -0.2) is 4.98 Å². The van der Waals surface area contributed by atoms with E-state index in [9.17, 15) is 4.79 Å². The average Bonchev–Trinajstić information content (AvgIpc) is 3.15. The van der Waals surface area contributed by atoms with Crippen molar-refractivity contribution >= 4 is 16.9 Å². The van der Waals surface area contributed by atoms with Crippen LogP contribution in [0, 0.1) is 0 Å². The predicted molar refractivity (Wildman–Crippen MR) is 116 cm³/mol. The molecule has 6 heteroatoms. The monoisotopic (exact) mass is 401 g/mol. The number of aromatic nitrogens is 2. The Morgan fingerprint density at radius 2 is 1.67 bits per heavy atom. The van der Waals surface area contributed by atoms with Gasteiger partial charge in [-0.1, -0.05) is 30.3 Å². The van der Waals surface area contributed by atoms with Crippen molar-refractivity contribution in [2.75, 3.05) is 14.2 Å². The lowest BCUT2D eigenvalue weighted by Gasteiger charge is -2.13. The van der Waals surface area contributed by atoms with E-state index < -0.39 is 0 Å². The fourth-order valence-electron chi connectivity index (χ4n) is 3.44. The fraction of sp³-hybridized carbons (Fsp3) is 0.167. The Morgan fingerprint density at radius 3 is 2.43 bits per heavy atom. The second-order valence-electron chi connectivity index (χ2n) is 6.83. The van der Waals surface area contributed by atoms with Gasteiger partial charge in [-0.3, -0.25) is 4.79 Å². The Balaban J connectivity index is 1.60. The fourth-order valence-corrected chi connectivity index (χ4v) is 3.44. The molecule has 152 valence electrons. The third-order valence-corrected chi connectivity index (χ3v) is 5.01. The van der Waals surface area contributed by atoms with E-state index in [4.69, 9.17) is 14.5 Å². The van der Waals surface area contributed by atoms with Crippen molar-refractivity contribution in [3.05, 3.63) is 89.7 Å². The Labute approximate surface area is 175 Å². The van der Waals surface area contributed by atoms with Crippen molar-refractivity contribution in [2.24, 2.45) is 0 Å². The van der Waals surface area contributed by atoms with E-state index in [1.165, 1.54) is 0 Å². The van der Waals surface area contributed by atoms with Gasteiger partial charge in [-0.2, -0.15) is 0 Å². The van der Waals surface area contributed by atoms with Gasteiger partial charge < -0.3 is 19.4 Å². The molecule has 1 aromatic heterocycles. The largest absolute Gasteiger partial charge is 0.497 e. The molecule has 0 spiro atoms. The van der Waals surface area contributed by atoms with E-state index >= 15 is 0 Å². The smallest absolute Gasteiger partial charge is 0.251 e. The number of carbonyl (C=O) groups excluding carboxylic acids is 1. The predicted octanol–water partition coefficient (Wildman–Crippen LogP) is 4.03. The summed E-state index contributed by atoms with van der Waals surface area (Å²) < 4.78 is 12.8. The highest BCUT2D eigenvalue weighted by Gasteiger charge is 2.14. The molecule has 6 nitrogen and oxygen atoms in total. The van der Waals surface area contributed by atoms with Crippen molar-refractivity contribution in [1.82, 2.24) is 14.9 Å². The van der Waals surface area contributed by atoms with Crippen LogP contribution in [0.15, 0.2) is 72.8 Å². The molecule has 1 N–H and O–H groups in total. The third-order valence-electron chi connectivity index (χ3n) is 5.01. The van der Waals surface area contributed by atoms with Crippen molar-refractivity contribution in [3.8, 4) is 11.5 Å². The minimum absolute atomic E-state index is 0.159. The number of carbonyl (C=O) groups is 1. The maximum atomic E-state index is 12.6. The molecule has 0 bridgehead atoms. The zero-order valence-electron chi connectivity index (χ0n) is 17.0. The number of benzene rings is 3. The number of amides is 1. The van der Waals surface area contributed by atoms with Crippen LogP contribution in [0.25, 0.3) is 11.0 Å². The summed E-state index contributed by atoms with van der Waals surface area (Å²) in [5.41, 5.74) is 3.52. The molecule has 0 aliphatic heterocycles. The van der Waals surface area contributed by atoms with Crippen LogP contribution in [0.1, 0.15) is 21.7 Å². The molecule has 0 aliphatic rings. The molecule has 4 rings (SSSR count). The number of ether oxygens (including phenoxy) is 2. The number of nitrogens with one attached hydrogen (secondary N) is 1. The highest BCUT2D eigenvalue weighted by atomic mass is 16.5. The lowest BCUT2D eigenvalue weighted by molar-refractivity contribution is 0.0949. The summed E-state index contributed by atoms with van der Waals surface area (Å²) in [6.45, 7) is 0.910. The van der Waals surface area contributed by atoms with E-state index in [-0.39, 0.29) is 5.91 Å². The maximum Gasteiger partial charge on any atom is 0.251 e. The second kappa shape index (κ2) is 8.69. The highest BCUT2D eigenvalue weighted by Crippen LogP contribution is 2.23. The summed E-state index contributed by atoms with van der Waals surface area (Å²) in [4.78, 5) is 17.3. The highest BCUT2D eigenvalue weighted by molar-refractivity contribution is 5.94. The molecule has 0 saturated carbocycles. The van der Waals surface area contributed by atoms with Gasteiger partial charge in [0.25, 0.3) is 5.91 Å². The van der Waals surface area contributed by atoms with Gasteiger partial charge in [0.1, 0.15) is 17.3 Å². The van der Waals surface area contributed by atoms with Crippen molar-refractivity contribution in [2.45, 2.75) is 13.1 Å². The number of fused-ring (bicyclic) bond motifs is 1. The van der Waals surface area contributed by atoms with Crippen LogP contribution in [0.3, 0.4) is 0 Å². The molecule has 1 heterocycles. The second-order valence-corrected chi connectivity index (χ2v) is 6.83. The molecule has 0 aliphatic carbocycles. The van der Waals surface area contributed by atoms with Gasteiger partial charge in [-0.15, -0.1) is 0 Å². The van der Waals surface area contributed by atoms with Gasteiger partial charge in [0.2, 0.25) is 0 Å². The first-order valence-corrected chi connectivity index (χ1v) is 9.68. The van der Waals surface area contributed by atoms with Crippen molar-refractivity contribution in [3.63, 3.8) is 0 Å². The zero-order chi connectivity index (χ0) is 20.9. The quantitative estimate of drug-likeness (QED) is 0.508. The summed E-state index contributed by atoms with van der Waals surface area (Å²) in [5.74, 6) is 2.16. The standard InChI is InChI=1S/C24H23N3O3/c1-29-19-13-11-17(12-14-19)24(28)25-15-23-26-20-8-4-5-9-21(20)27(23)16-18-7-3-6-10-22(18)30-2/h3-14H,15-16H2,1-2H3,(H,25,28). The summed E-state index contributed by atoms with van der Waals surface area (Å²) in [6, 6.07) is 22.9. The van der Waals surface area contributed by atoms with Gasteiger partial charge in [-0.05, 0) is 42.5 Å². The third kappa shape index (κ3) is 3.98. The average molecular weight is 401 g/mol. The Bertz CT molecular complexity index is 1170. The number of imidazole rings is 1. The molecule has 1 amide bonds. The Hall–Kier alpha value is -3.80. The first kappa shape index (κ1) is 19.5. The summed E-state index contributed by atoms with van der Waals surface area (Å²) >= 11 is 0. The molecule has 30 heavy (non-hydrogen) atoms. The van der Waals surface area contributed by atoms with Crippen molar-refractivity contribution < 1.29 is 14.3 Å². The molecule has 0 atom stereocenters. The molecule has 4 aromatic rings. The normalized spacial score (nSPS) is 10.7. The van der Waals surface area contributed by atoms with Crippen LogP contribution in [0.2, 0.25) is 0 Å². The van der Waals surface area contributed by atoms with Gasteiger partial charge in [0.05, 0.1) is 38.3 Å². The first-order valence-electron chi connectivity index (χ1n) is 9.68. The van der Waals surface area contributed by atoms with E-state index in [1.807, 2.05) is 48.5 Å². The van der Waals surface area contributed by atoms with Crippen molar-refractivity contribution in [1.29, 1.82) is 0 Å². The zero-order valence-corrected chi connectivity index (χ0v) is 17.0. The SMILES string of the molecule is COc1ccc(C(=O)NCc2nc3ccccc3n2Cc2ccccc2OC)cc1. The van der Waals surface area contributed by atoms with E-state index in [0.717, 1.165) is 28.2 Å². The number of para-hydroxylation sites is 3. The molecular weight excluding hydrogens is 378 g/mol. The first-order chi connectivity index (χ1) is 14.7. The summed E-state index contributed by atoms with van der Waals surface area (Å²) in [7, 11) is 3.27. The number of nitrogens with zero attached hydrogens (tertiary/aromatic N) is 2. The number of hydrogen-bond donors (Lipinski definition) is 1. The minimum atomic E-state index is -0.159. The lowest BCUT2D eigenvalue weighted by atomic mass is 10.2. The molecule has 0 fully saturated rings. The Morgan fingerprint density at radius 1 is 0.933 bits per heavy atom. The van der Waals surface area contributed by atoms with Gasteiger partial charge >= 0.3 is 0 Å². The maximum absolute atomic E-state index is 12.6. The van der Waals surface area contributed by atoms with E-state index in [2.05, 4.69) is 9.88 Å². The lowest BCUT2D eigenvalue weighted by Crippen LogP contribution is -2.24. The molecular formula is C24H23N3O3. The van der Waals surface area contributed by atoms with Crippen LogP contribution in [0.5, 0.6) is 11.5 Å². The topological polar surface area (TPSA) is 65.4 Å². The number of rotatable bonds is 7. The molecule has 0 unspecified atom stereocenters. The van der Waals surface area contributed by atoms with Crippen LogP contribution in [-0.4, -0.2) is 29.7 Å². The number of hydrogen-bond acceptors (Lipinski definition) is 4. The molecule has 3 aromatic carbocycles. The summed E-state index contributed by atoms with van der Waals surface area (Å²) in [6.07, 6.45) is 0. The van der Waals surface area contributed by atoms with Crippen LogP contribution < -0.4 is 14.8 Å². The van der Waals surface area contributed by atoms with Crippen LogP contribution in [-0.2, 0) is 13.1 Å². The van der Waals surface area contributed by atoms with Crippen LogP contribution in [0.4, 0.5) is 0 Å². The van der Waals surface area contributed by atoms with E-state index in [1.54, 1.807) is 38.5 Å². The number of methoxy groups -OCH3 is 2. The van der Waals surface area contributed by atoms with Gasteiger partial charge in [0, 0.05) is 11.1 Å². The van der Waals surface area contributed by atoms with E-state index in [0.29, 0.717) is 24.4 Å². The minimum Gasteiger partial charge on any atom is -0.497 e. The molecule has 0 radical (unpaired) electrons. The molecule has 0 saturated heterocycles. The van der Waals surface area contributed by atoms with Gasteiger partial charge in [0.15, 0.2) is 0 Å². The van der Waals surface area contributed by atoms with Crippen LogP contribution >= 0.6 is 0 Å².